The van der Waals surface area contributed by atoms with Crippen LogP contribution in [0.2, 0.25) is 0 Å². The monoisotopic (exact) mass is 208 g/mol. The highest BCUT2D eigenvalue weighted by Gasteiger charge is 2.07. The van der Waals surface area contributed by atoms with Gasteiger partial charge in [-0.25, -0.2) is 8.42 Å². The molecule has 0 aromatic heterocycles. The van der Waals surface area contributed by atoms with E-state index in [1.807, 2.05) is 0 Å². The molecule has 0 aliphatic rings. The lowest BCUT2D eigenvalue weighted by molar-refractivity contribution is 0.604. The molecule has 0 amide bonds. The molecular weight excluding hydrogens is 196 g/mol. The largest absolute Gasteiger partial charge is 0.219 e. The maximum atomic E-state index is 11.6. The number of benzene rings is 1. The van der Waals surface area contributed by atoms with E-state index in [-0.39, 0.29) is 0 Å². The Balaban J connectivity index is 2.92. The molecule has 1 aromatic carbocycles. The van der Waals surface area contributed by atoms with Gasteiger partial charge in [0.05, 0.1) is 4.90 Å². The second-order valence-corrected chi connectivity index (χ2v) is 4.59. The van der Waals surface area contributed by atoms with Gasteiger partial charge in [0.2, 0.25) is 0 Å². The molecule has 0 aliphatic carbocycles. The van der Waals surface area contributed by atoms with E-state index < -0.39 is 9.84 Å². The quantitative estimate of drug-likeness (QED) is 0.712. The van der Waals surface area contributed by atoms with Crippen LogP contribution in [0.15, 0.2) is 59.4 Å². The molecule has 1 aromatic rings. The van der Waals surface area contributed by atoms with Crippen LogP contribution in [0.1, 0.15) is 6.42 Å². The Morgan fingerprint density at radius 3 is 2.43 bits per heavy atom. The van der Waals surface area contributed by atoms with E-state index in [0.717, 1.165) is 0 Å². The maximum Gasteiger partial charge on any atom is 0.199 e. The molecule has 0 bridgehead atoms. The molecule has 1 rings (SSSR count). The Hall–Kier alpha value is -1.35. The fourth-order valence-corrected chi connectivity index (χ4v) is 2.03. The van der Waals surface area contributed by atoms with Gasteiger partial charge in [-0.3, -0.25) is 0 Å². The molecule has 0 radical (unpaired) electrons. The Bertz CT molecular complexity index is 416. The lowest BCUT2D eigenvalue weighted by atomic mass is 10.4. The Morgan fingerprint density at radius 1 is 1.21 bits per heavy atom. The average molecular weight is 208 g/mol. The molecule has 0 unspecified atom stereocenters. The molecule has 0 aliphatic heterocycles. The van der Waals surface area contributed by atoms with Crippen molar-refractivity contribution in [2.24, 2.45) is 0 Å². The van der Waals surface area contributed by atoms with Gasteiger partial charge in [-0.2, -0.15) is 0 Å². The molecular formula is C11H12O2S. The molecule has 0 heterocycles. The fraction of sp³-hybridized carbons (Fsp3) is 0.0909. The van der Waals surface area contributed by atoms with Crippen molar-refractivity contribution >= 4 is 9.84 Å². The lowest BCUT2D eigenvalue weighted by Gasteiger charge is -1.96. The number of sulfone groups is 1. The third-order valence-corrected chi connectivity index (χ3v) is 3.13. The number of allylic oxidation sites excluding steroid dienone is 2. The average Bonchev–Trinajstić information content (AvgIpc) is 2.19. The lowest BCUT2D eigenvalue weighted by Crippen LogP contribution is -1.94. The van der Waals surface area contributed by atoms with E-state index in [1.165, 1.54) is 5.41 Å². The van der Waals surface area contributed by atoms with Gasteiger partial charge in [-0.05, 0) is 18.6 Å². The van der Waals surface area contributed by atoms with Gasteiger partial charge in [-0.15, -0.1) is 6.58 Å². The van der Waals surface area contributed by atoms with Crippen LogP contribution in [0.4, 0.5) is 0 Å². The zero-order valence-corrected chi connectivity index (χ0v) is 8.57. The molecule has 0 saturated heterocycles. The standard InChI is InChI=1S/C11H12O2S/c1-2-3-7-10-14(12,13)11-8-5-4-6-9-11/h2,4-10H,1,3H2/b10-7+. The second kappa shape index (κ2) is 4.77. The minimum absolute atomic E-state index is 0.320. The predicted molar refractivity (Wildman–Crippen MR) is 57.6 cm³/mol. The Kier molecular flexibility index (Phi) is 3.65. The maximum absolute atomic E-state index is 11.6. The highest BCUT2D eigenvalue weighted by Crippen LogP contribution is 2.11. The van der Waals surface area contributed by atoms with Crippen molar-refractivity contribution in [2.75, 3.05) is 0 Å². The van der Waals surface area contributed by atoms with E-state index in [2.05, 4.69) is 6.58 Å². The topological polar surface area (TPSA) is 34.1 Å². The summed E-state index contributed by atoms with van der Waals surface area (Å²) in [6, 6.07) is 8.34. The van der Waals surface area contributed by atoms with E-state index >= 15 is 0 Å². The summed E-state index contributed by atoms with van der Waals surface area (Å²) in [7, 11) is -3.26. The first-order valence-corrected chi connectivity index (χ1v) is 5.79. The summed E-state index contributed by atoms with van der Waals surface area (Å²) in [5.41, 5.74) is 0. The third-order valence-electron chi connectivity index (χ3n) is 1.65. The van der Waals surface area contributed by atoms with Gasteiger partial charge in [0.15, 0.2) is 9.84 Å². The molecule has 0 fully saturated rings. The highest BCUT2D eigenvalue weighted by atomic mass is 32.2. The van der Waals surface area contributed by atoms with Crippen LogP contribution in [0, 0.1) is 0 Å². The van der Waals surface area contributed by atoms with Gasteiger partial charge in [0, 0.05) is 5.41 Å². The molecule has 0 atom stereocenters. The first kappa shape index (κ1) is 10.7. The predicted octanol–water partition coefficient (Wildman–Crippen LogP) is 2.55. The SMILES string of the molecule is C=CC/C=C/S(=O)(=O)c1ccccc1. The van der Waals surface area contributed by atoms with E-state index in [9.17, 15) is 8.42 Å². The summed E-state index contributed by atoms with van der Waals surface area (Å²) in [6.45, 7) is 3.51. The van der Waals surface area contributed by atoms with Crippen molar-refractivity contribution in [3.05, 3.63) is 54.5 Å². The van der Waals surface area contributed by atoms with Crippen LogP contribution in [0.5, 0.6) is 0 Å². The van der Waals surface area contributed by atoms with E-state index in [0.29, 0.717) is 11.3 Å². The number of hydrogen-bond acceptors (Lipinski definition) is 2. The van der Waals surface area contributed by atoms with Crippen LogP contribution >= 0.6 is 0 Å². The summed E-state index contributed by atoms with van der Waals surface area (Å²) in [5.74, 6) is 0. The van der Waals surface area contributed by atoms with Crippen molar-refractivity contribution in [1.29, 1.82) is 0 Å². The van der Waals surface area contributed by atoms with Gasteiger partial charge in [0.1, 0.15) is 0 Å². The second-order valence-electron chi connectivity index (χ2n) is 2.75. The molecule has 0 saturated carbocycles. The normalized spacial score (nSPS) is 11.7. The van der Waals surface area contributed by atoms with Gasteiger partial charge >= 0.3 is 0 Å². The van der Waals surface area contributed by atoms with Crippen molar-refractivity contribution in [3.63, 3.8) is 0 Å². The minimum atomic E-state index is -3.26. The Labute approximate surface area is 84.5 Å². The first-order chi connectivity index (χ1) is 6.67. The number of hydrogen-bond donors (Lipinski definition) is 0. The Morgan fingerprint density at radius 2 is 1.86 bits per heavy atom. The summed E-state index contributed by atoms with van der Waals surface area (Å²) >= 11 is 0. The third kappa shape index (κ3) is 2.85. The molecule has 0 spiro atoms. The van der Waals surface area contributed by atoms with Crippen molar-refractivity contribution in [1.82, 2.24) is 0 Å². The number of rotatable bonds is 4. The van der Waals surface area contributed by atoms with Gasteiger partial charge in [-0.1, -0.05) is 30.4 Å². The van der Waals surface area contributed by atoms with Crippen molar-refractivity contribution in [2.45, 2.75) is 11.3 Å². The molecule has 2 nitrogen and oxygen atoms in total. The van der Waals surface area contributed by atoms with Gasteiger partial charge in [0.25, 0.3) is 0 Å². The fourth-order valence-electron chi connectivity index (χ4n) is 0.967. The first-order valence-electron chi connectivity index (χ1n) is 4.24. The van der Waals surface area contributed by atoms with Gasteiger partial charge < -0.3 is 0 Å². The van der Waals surface area contributed by atoms with Crippen molar-refractivity contribution < 1.29 is 8.42 Å². The minimum Gasteiger partial charge on any atom is -0.219 e. The smallest absolute Gasteiger partial charge is 0.199 e. The van der Waals surface area contributed by atoms with E-state index in [1.54, 1.807) is 42.5 Å². The van der Waals surface area contributed by atoms with Crippen LogP contribution in [-0.2, 0) is 9.84 Å². The van der Waals surface area contributed by atoms with Crippen LogP contribution in [0.25, 0.3) is 0 Å². The van der Waals surface area contributed by atoms with Crippen LogP contribution in [-0.4, -0.2) is 8.42 Å². The molecule has 74 valence electrons. The van der Waals surface area contributed by atoms with Crippen LogP contribution < -0.4 is 0 Å². The zero-order chi connectivity index (χ0) is 10.4. The summed E-state index contributed by atoms with van der Waals surface area (Å²) in [6.07, 6.45) is 3.79. The van der Waals surface area contributed by atoms with Crippen LogP contribution in [0.3, 0.4) is 0 Å². The molecule has 3 heteroatoms. The summed E-state index contributed by atoms with van der Waals surface area (Å²) < 4.78 is 23.2. The van der Waals surface area contributed by atoms with Crippen molar-refractivity contribution in [3.8, 4) is 0 Å². The summed E-state index contributed by atoms with van der Waals surface area (Å²) in [4.78, 5) is 0.320. The summed E-state index contributed by atoms with van der Waals surface area (Å²) in [5, 5.41) is 1.21. The molecule has 0 N–H and O–H groups in total. The highest BCUT2D eigenvalue weighted by molar-refractivity contribution is 7.94. The zero-order valence-electron chi connectivity index (χ0n) is 7.76. The molecule has 14 heavy (non-hydrogen) atoms. The van der Waals surface area contributed by atoms with E-state index in [4.69, 9.17) is 0 Å².